The van der Waals surface area contributed by atoms with Crippen LogP contribution in [-0.4, -0.2) is 67.8 Å². The first kappa shape index (κ1) is 19.2. The van der Waals surface area contributed by atoms with Crippen LogP contribution in [0.3, 0.4) is 0 Å². The van der Waals surface area contributed by atoms with E-state index in [2.05, 4.69) is 4.98 Å². The van der Waals surface area contributed by atoms with Gasteiger partial charge in [0.2, 0.25) is 5.91 Å². The monoisotopic (exact) mass is 388 g/mol. The Morgan fingerprint density at radius 3 is 2.78 bits per heavy atom. The molecule has 5 atom stereocenters. The van der Waals surface area contributed by atoms with Gasteiger partial charge in [-0.05, 0) is 12.5 Å². The van der Waals surface area contributed by atoms with E-state index in [1.807, 2.05) is 0 Å². The molecular formula is C14H21N5O8. The third kappa shape index (κ3) is 4.99. The Kier molecular flexibility index (Phi) is 6.31. The molecule has 1 fully saturated rings. The van der Waals surface area contributed by atoms with E-state index in [9.17, 15) is 24.6 Å². The molecule has 0 unspecified atom stereocenters. The van der Waals surface area contributed by atoms with Crippen LogP contribution in [-0.2, 0) is 19.1 Å². The highest BCUT2D eigenvalue weighted by molar-refractivity contribution is 5.78. The number of carbonyl (C=O) groups is 2. The zero-order valence-electron chi connectivity index (χ0n) is 15.0. The summed E-state index contributed by atoms with van der Waals surface area (Å²) in [5.74, 6) is -1.74. The smallest absolute Gasteiger partial charge is 0.351 e. The van der Waals surface area contributed by atoms with Gasteiger partial charge in [-0.3, -0.25) is 24.8 Å². The van der Waals surface area contributed by atoms with Crippen molar-refractivity contribution in [3.05, 3.63) is 22.7 Å². The lowest BCUT2D eigenvalue weighted by molar-refractivity contribution is -0.151. The summed E-state index contributed by atoms with van der Waals surface area (Å²) in [7, 11) is 0. The number of anilines is 1. The molecule has 1 saturated heterocycles. The van der Waals surface area contributed by atoms with E-state index >= 15 is 0 Å². The molecule has 0 aromatic carbocycles. The fourth-order valence-corrected chi connectivity index (χ4v) is 2.30. The molecule has 0 aliphatic carbocycles. The van der Waals surface area contributed by atoms with Crippen LogP contribution in [0.1, 0.15) is 20.4 Å². The zero-order valence-corrected chi connectivity index (χ0v) is 14.0. The summed E-state index contributed by atoms with van der Waals surface area (Å²) < 4.78 is 19.0. The largest absolute Gasteiger partial charge is 0.462 e. The first-order valence-electron chi connectivity index (χ1n) is 8.35. The van der Waals surface area contributed by atoms with Gasteiger partial charge in [0.05, 0.1) is 1.37 Å². The lowest BCUT2D eigenvalue weighted by Gasteiger charge is -2.17. The van der Waals surface area contributed by atoms with Gasteiger partial charge >= 0.3 is 11.7 Å². The highest BCUT2D eigenvalue weighted by atomic mass is 16.6. The third-order valence-corrected chi connectivity index (χ3v) is 3.78. The number of hydrogen-bond acceptors (Lipinski definition) is 11. The van der Waals surface area contributed by atoms with Gasteiger partial charge in [0, 0.05) is 12.6 Å². The predicted molar refractivity (Wildman–Crippen MR) is 87.2 cm³/mol. The summed E-state index contributed by atoms with van der Waals surface area (Å²) >= 11 is 0. The van der Waals surface area contributed by atoms with E-state index in [4.69, 9.17) is 27.5 Å². The Morgan fingerprint density at radius 1 is 1.48 bits per heavy atom. The number of esters is 1. The van der Waals surface area contributed by atoms with Gasteiger partial charge in [-0.15, -0.1) is 0 Å². The number of aliphatic hydroxyl groups excluding tert-OH is 2. The van der Waals surface area contributed by atoms with Crippen LogP contribution >= 0.6 is 0 Å². The topological polar surface area (TPSA) is 212 Å². The maximum atomic E-state index is 12.0. The Hall–Kier alpha value is -2.58. The summed E-state index contributed by atoms with van der Waals surface area (Å²) in [4.78, 5) is 37.9. The lowest BCUT2D eigenvalue weighted by Crippen LogP contribution is -2.38. The van der Waals surface area contributed by atoms with Crippen molar-refractivity contribution < 1.29 is 35.9 Å². The molecule has 2 rings (SSSR count). The van der Waals surface area contributed by atoms with Gasteiger partial charge in [-0.1, -0.05) is 0 Å². The summed E-state index contributed by atoms with van der Waals surface area (Å²) in [6.07, 6.45) is -6.50. The average Bonchev–Trinajstić information content (AvgIpc) is 2.88. The molecule has 13 nitrogen and oxygen atoms in total. The van der Waals surface area contributed by atoms with Crippen LogP contribution in [0, 0.1) is 0 Å². The molecule has 27 heavy (non-hydrogen) atoms. The van der Waals surface area contributed by atoms with E-state index in [1.54, 1.807) is 5.48 Å². The number of primary amides is 1. The van der Waals surface area contributed by atoms with Gasteiger partial charge in [-0.2, -0.15) is 4.98 Å². The van der Waals surface area contributed by atoms with Crippen molar-refractivity contribution in [2.24, 2.45) is 11.5 Å². The molecule has 0 radical (unpaired) electrons. The number of rotatable bonds is 8. The predicted octanol–water partition coefficient (Wildman–Crippen LogP) is -3.20. The average molecular weight is 388 g/mol. The van der Waals surface area contributed by atoms with Crippen LogP contribution in [0.5, 0.6) is 0 Å². The van der Waals surface area contributed by atoms with Crippen molar-refractivity contribution in [2.45, 2.75) is 43.4 Å². The number of carbonyl (C=O) groups excluding carboxylic acids is 2. The molecule has 1 aromatic heterocycles. The van der Waals surface area contributed by atoms with Crippen molar-refractivity contribution in [3.63, 3.8) is 0 Å². The minimum atomic E-state index is -2.46. The fraction of sp³-hybridized carbons (Fsp3) is 0.571. The molecule has 8 N–H and O–H groups in total. The number of nitrogens with zero attached hydrogens (tertiary/aromatic N) is 2. The number of nitrogens with two attached hydrogens (primary N) is 2. The molecule has 150 valence electrons. The molecule has 0 bridgehead atoms. The summed E-state index contributed by atoms with van der Waals surface area (Å²) in [5.41, 5.74) is 11.1. The fourth-order valence-electron chi connectivity index (χ4n) is 2.30. The van der Waals surface area contributed by atoms with E-state index in [0.717, 1.165) is 12.3 Å². The van der Waals surface area contributed by atoms with Crippen molar-refractivity contribution in [3.8, 4) is 0 Å². The van der Waals surface area contributed by atoms with Gasteiger partial charge in [-0.25, -0.2) is 4.79 Å². The minimum Gasteiger partial charge on any atom is -0.462 e. The molecule has 0 spiro atoms. The molecule has 0 saturated carbocycles. The van der Waals surface area contributed by atoms with Crippen LogP contribution in [0.25, 0.3) is 0 Å². The second-order valence-corrected chi connectivity index (χ2v) is 5.75. The number of ether oxygens (including phenoxy) is 2. The third-order valence-electron chi connectivity index (χ3n) is 3.78. The van der Waals surface area contributed by atoms with Gasteiger partial charge in [0.15, 0.2) is 12.0 Å². The van der Waals surface area contributed by atoms with Crippen LogP contribution in [0.4, 0.5) is 5.82 Å². The Balaban J connectivity index is 2.06. The first-order chi connectivity index (χ1) is 13.1. The molecular weight excluding hydrogens is 366 g/mol. The van der Waals surface area contributed by atoms with E-state index < -0.39 is 54.7 Å². The maximum absolute atomic E-state index is 12.0. The van der Waals surface area contributed by atoms with Gasteiger partial charge in [0.1, 0.15) is 31.0 Å². The highest BCUT2D eigenvalue weighted by Crippen LogP contribution is 2.28. The molecule has 1 aliphatic rings. The summed E-state index contributed by atoms with van der Waals surface area (Å²) in [6.45, 7) is -0.569. The van der Waals surface area contributed by atoms with Crippen molar-refractivity contribution in [2.75, 3.05) is 12.1 Å². The molecule has 2 heterocycles. The number of nitrogens with one attached hydrogen (secondary N) is 1. The second kappa shape index (κ2) is 8.88. The standard InChI is InChI=1S/C14H21N5O8/c15-6(1-2-8(16)20)13(23)26-5-7-10(21)11(22)12(27-7)19-4-3-9(18-25)17-14(19)24/h3-4,6-7,10-12,21-22,25H,1-2,5,15H2,(H2,16,20)(H,17,18,24)/t6-,7-,10-,11-,12-/m1/s1/i12D. The molecule has 13 heteroatoms. The van der Waals surface area contributed by atoms with Crippen LogP contribution in [0.15, 0.2) is 17.1 Å². The van der Waals surface area contributed by atoms with E-state index in [0.29, 0.717) is 4.57 Å². The van der Waals surface area contributed by atoms with Gasteiger partial charge in [0.25, 0.3) is 0 Å². The van der Waals surface area contributed by atoms with Crippen molar-refractivity contribution in [1.82, 2.24) is 9.55 Å². The zero-order chi connectivity index (χ0) is 21.1. The number of hydrogen-bond donors (Lipinski definition) is 6. The Bertz CT molecular complexity index is 791. The molecule has 1 amide bonds. The van der Waals surface area contributed by atoms with Crippen LogP contribution < -0.4 is 22.6 Å². The lowest BCUT2D eigenvalue weighted by atomic mass is 10.1. The number of aromatic nitrogens is 2. The minimum absolute atomic E-state index is 0.0421. The molecule has 1 aliphatic heterocycles. The molecule has 1 aromatic rings. The summed E-state index contributed by atoms with van der Waals surface area (Å²) in [5, 5.41) is 29.0. The second-order valence-electron chi connectivity index (χ2n) is 5.75. The first-order valence-corrected chi connectivity index (χ1v) is 7.85. The Morgan fingerprint density at radius 2 is 2.19 bits per heavy atom. The number of amides is 1. The quantitative estimate of drug-likeness (QED) is 0.193. The van der Waals surface area contributed by atoms with Crippen molar-refractivity contribution in [1.29, 1.82) is 0 Å². The number of aliphatic hydroxyl groups is 2. The summed E-state index contributed by atoms with van der Waals surface area (Å²) in [6, 6.07) is -0.00675. The normalized spacial score (nSPS) is 29.0. The van der Waals surface area contributed by atoms with Gasteiger partial charge < -0.3 is 31.2 Å². The van der Waals surface area contributed by atoms with Crippen LogP contribution in [0.2, 0.25) is 0 Å². The SMILES string of the molecule is [2H][C@@]1(n2ccc(NO)nc2=O)O[C@H](COC(=O)[C@H](N)CCC(N)=O)[C@@H](O)[C@H]1O. The highest BCUT2D eigenvalue weighted by Gasteiger charge is 2.44. The maximum Gasteiger partial charge on any atom is 0.351 e. The van der Waals surface area contributed by atoms with Crippen molar-refractivity contribution >= 4 is 17.7 Å². The Labute approximate surface area is 153 Å². The van der Waals surface area contributed by atoms with E-state index in [-0.39, 0.29) is 18.7 Å². The van der Waals surface area contributed by atoms with E-state index in [1.165, 1.54) is 0 Å².